The van der Waals surface area contributed by atoms with E-state index in [1.165, 1.54) is 11.3 Å². The molecule has 2 aromatic rings. The van der Waals surface area contributed by atoms with E-state index >= 15 is 0 Å². The Balaban J connectivity index is 1.78. The van der Waals surface area contributed by atoms with Gasteiger partial charge < -0.3 is 9.30 Å². The molecule has 8 heteroatoms. The Morgan fingerprint density at radius 2 is 2.04 bits per heavy atom. The van der Waals surface area contributed by atoms with E-state index in [2.05, 4.69) is 9.62 Å². The minimum Gasteiger partial charge on any atom is -0.379 e. The molecule has 0 aliphatic carbocycles. The van der Waals surface area contributed by atoms with Gasteiger partial charge in [0.25, 0.3) is 0 Å². The van der Waals surface area contributed by atoms with Gasteiger partial charge in [0.05, 0.1) is 19.3 Å². The van der Waals surface area contributed by atoms with E-state index in [-0.39, 0.29) is 6.04 Å². The summed E-state index contributed by atoms with van der Waals surface area (Å²) in [5.74, 6) is 0. The average Bonchev–Trinajstić information content (AvgIpc) is 3.18. The standard InChI is InChI=1S/C16H23N3O3S2/c1-13-5-6-16(23-13)24(20,21)17-12-15(14-4-3-7-18(14)2)19-8-10-22-11-9-19/h3-7,15,17H,8-12H2,1-2H3/t15-/m0/s1. The quantitative estimate of drug-likeness (QED) is 0.843. The summed E-state index contributed by atoms with van der Waals surface area (Å²) in [6, 6.07) is 7.51. The van der Waals surface area contributed by atoms with Crippen molar-refractivity contribution < 1.29 is 13.2 Å². The molecule has 0 bridgehead atoms. The molecule has 3 rings (SSSR count). The number of morpholine rings is 1. The van der Waals surface area contributed by atoms with Crippen LogP contribution in [0, 0.1) is 6.92 Å². The Morgan fingerprint density at radius 3 is 2.62 bits per heavy atom. The molecule has 1 fully saturated rings. The second kappa shape index (κ2) is 7.37. The van der Waals surface area contributed by atoms with Crippen molar-refractivity contribution in [3.05, 3.63) is 41.0 Å². The molecule has 0 aromatic carbocycles. The van der Waals surface area contributed by atoms with Gasteiger partial charge in [0.15, 0.2) is 0 Å². The third-order valence-corrected chi connectivity index (χ3v) is 7.18. The Morgan fingerprint density at radius 1 is 1.29 bits per heavy atom. The normalized spacial score (nSPS) is 17.9. The van der Waals surface area contributed by atoms with Crippen LogP contribution in [0.25, 0.3) is 0 Å². The van der Waals surface area contributed by atoms with Gasteiger partial charge in [-0.3, -0.25) is 4.90 Å². The number of sulfonamides is 1. The Bertz CT molecular complexity index is 776. The minimum absolute atomic E-state index is 0.00951. The third-order valence-electron chi connectivity index (χ3n) is 4.26. The fourth-order valence-corrected chi connectivity index (χ4v) is 5.31. The zero-order valence-corrected chi connectivity index (χ0v) is 15.6. The highest BCUT2D eigenvalue weighted by Gasteiger charge is 2.26. The lowest BCUT2D eigenvalue weighted by Gasteiger charge is -2.34. The summed E-state index contributed by atoms with van der Waals surface area (Å²) in [5, 5.41) is 0. The lowest BCUT2D eigenvalue weighted by atomic mass is 10.1. The smallest absolute Gasteiger partial charge is 0.250 e. The summed E-state index contributed by atoms with van der Waals surface area (Å²) in [6.45, 7) is 5.21. The molecule has 0 saturated carbocycles. The molecule has 24 heavy (non-hydrogen) atoms. The molecule has 0 unspecified atom stereocenters. The highest BCUT2D eigenvalue weighted by atomic mass is 32.2. The molecule has 0 spiro atoms. The maximum atomic E-state index is 12.5. The number of hydrogen-bond acceptors (Lipinski definition) is 5. The van der Waals surface area contributed by atoms with Crippen molar-refractivity contribution in [2.75, 3.05) is 32.8 Å². The number of aromatic nitrogens is 1. The summed E-state index contributed by atoms with van der Waals surface area (Å²) in [7, 11) is -1.49. The van der Waals surface area contributed by atoms with Crippen LogP contribution in [-0.2, 0) is 21.8 Å². The van der Waals surface area contributed by atoms with Gasteiger partial charge in [-0.1, -0.05) is 0 Å². The van der Waals surface area contributed by atoms with E-state index in [1.807, 2.05) is 42.9 Å². The SMILES string of the molecule is Cc1ccc(S(=O)(=O)NC[C@@H](c2cccn2C)N2CCOCC2)s1. The second-order valence-electron chi connectivity index (χ2n) is 5.93. The maximum absolute atomic E-state index is 12.5. The van der Waals surface area contributed by atoms with Crippen LogP contribution in [0.4, 0.5) is 0 Å². The van der Waals surface area contributed by atoms with Crippen molar-refractivity contribution in [3.8, 4) is 0 Å². The van der Waals surface area contributed by atoms with E-state index in [0.717, 1.165) is 23.7 Å². The molecule has 1 atom stereocenters. The summed E-state index contributed by atoms with van der Waals surface area (Å²) in [4.78, 5) is 3.27. The average molecular weight is 370 g/mol. The number of nitrogens with zero attached hydrogens (tertiary/aromatic N) is 2. The molecule has 3 heterocycles. The first-order chi connectivity index (χ1) is 11.5. The molecule has 1 aliphatic rings. The van der Waals surface area contributed by atoms with E-state index < -0.39 is 10.0 Å². The minimum atomic E-state index is -3.48. The van der Waals surface area contributed by atoms with Gasteiger partial charge in [0.2, 0.25) is 10.0 Å². The van der Waals surface area contributed by atoms with Gasteiger partial charge in [-0.25, -0.2) is 13.1 Å². The molecule has 132 valence electrons. The van der Waals surface area contributed by atoms with Crippen molar-refractivity contribution in [1.29, 1.82) is 0 Å². The first-order valence-corrected chi connectivity index (χ1v) is 10.3. The van der Waals surface area contributed by atoms with Crippen LogP contribution in [0.15, 0.2) is 34.7 Å². The Hall–Kier alpha value is -1.19. The number of ether oxygens (including phenoxy) is 1. The van der Waals surface area contributed by atoms with E-state index in [9.17, 15) is 8.42 Å². The van der Waals surface area contributed by atoms with Crippen LogP contribution in [0.2, 0.25) is 0 Å². The largest absolute Gasteiger partial charge is 0.379 e. The first kappa shape index (κ1) is 17.6. The predicted octanol–water partition coefficient (Wildman–Crippen LogP) is 1.75. The van der Waals surface area contributed by atoms with Gasteiger partial charge in [-0.05, 0) is 31.2 Å². The van der Waals surface area contributed by atoms with Crippen molar-refractivity contribution in [1.82, 2.24) is 14.2 Å². The number of aryl methyl sites for hydroxylation is 2. The van der Waals surface area contributed by atoms with Crippen molar-refractivity contribution in [2.45, 2.75) is 17.2 Å². The predicted molar refractivity (Wildman–Crippen MR) is 94.8 cm³/mol. The number of nitrogens with one attached hydrogen (secondary N) is 1. The fourth-order valence-electron chi connectivity index (χ4n) is 2.95. The second-order valence-corrected chi connectivity index (χ2v) is 9.21. The van der Waals surface area contributed by atoms with Crippen LogP contribution < -0.4 is 4.72 Å². The zero-order valence-electron chi connectivity index (χ0n) is 13.9. The summed E-state index contributed by atoms with van der Waals surface area (Å²) in [5.41, 5.74) is 1.10. The lowest BCUT2D eigenvalue weighted by molar-refractivity contribution is 0.0158. The van der Waals surface area contributed by atoms with Crippen molar-refractivity contribution in [3.63, 3.8) is 0 Å². The molecule has 1 aliphatic heterocycles. The fraction of sp³-hybridized carbons (Fsp3) is 0.500. The zero-order chi connectivity index (χ0) is 17.2. The molecule has 1 N–H and O–H groups in total. The Labute approximate surface area is 147 Å². The van der Waals surface area contributed by atoms with E-state index in [1.54, 1.807) is 6.07 Å². The summed E-state index contributed by atoms with van der Waals surface area (Å²) < 4.78 is 35.7. The van der Waals surface area contributed by atoms with Gasteiger partial charge in [-0.2, -0.15) is 0 Å². The molecule has 6 nitrogen and oxygen atoms in total. The van der Waals surface area contributed by atoms with Gasteiger partial charge >= 0.3 is 0 Å². The molecule has 1 saturated heterocycles. The summed E-state index contributed by atoms with van der Waals surface area (Å²) >= 11 is 1.29. The van der Waals surface area contributed by atoms with Crippen LogP contribution in [0.1, 0.15) is 16.6 Å². The van der Waals surface area contributed by atoms with Crippen LogP contribution in [0.5, 0.6) is 0 Å². The molecule has 2 aromatic heterocycles. The highest BCUT2D eigenvalue weighted by molar-refractivity contribution is 7.91. The van der Waals surface area contributed by atoms with Crippen molar-refractivity contribution >= 4 is 21.4 Å². The molecular weight excluding hydrogens is 346 g/mol. The van der Waals surface area contributed by atoms with E-state index in [4.69, 9.17) is 4.74 Å². The number of thiophene rings is 1. The Kier molecular flexibility index (Phi) is 5.41. The van der Waals surface area contributed by atoms with Crippen LogP contribution in [-0.4, -0.2) is 50.7 Å². The summed E-state index contributed by atoms with van der Waals surface area (Å²) in [6.07, 6.45) is 1.99. The van der Waals surface area contributed by atoms with E-state index in [0.29, 0.717) is 24.0 Å². The van der Waals surface area contributed by atoms with Crippen LogP contribution >= 0.6 is 11.3 Å². The van der Waals surface area contributed by atoms with Gasteiger partial charge in [0, 0.05) is 43.4 Å². The molecular formula is C16H23N3O3S2. The number of hydrogen-bond donors (Lipinski definition) is 1. The number of rotatable bonds is 6. The van der Waals surface area contributed by atoms with Gasteiger partial charge in [0.1, 0.15) is 4.21 Å². The van der Waals surface area contributed by atoms with Crippen molar-refractivity contribution in [2.24, 2.45) is 7.05 Å². The molecule has 0 radical (unpaired) electrons. The lowest BCUT2D eigenvalue weighted by Crippen LogP contribution is -2.44. The first-order valence-electron chi connectivity index (χ1n) is 7.96. The van der Waals surface area contributed by atoms with Gasteiger partial charge in [-0.15, -0.1) is 11.3 Å². The van der Waals surface area contributed by atoms with Crippen LogP contribution in [0.3, 0.4) is 0 Å². The molecule has 0 amide bonds. The third kappa shape index (κ3) is 3.89. The maximum Gasteiger partial charge on any atom is 0.250 e. The monoisotopic (exact) mass is 369 g/mol. The highest BCUT2D eigenvalue weighted by Crippen LogP contribution is 2.24. The topological polar surface area (TPSA) is 63.6 Å².